The van der Waals surface area contributed by atoms with E-state index >= 15 is 0 Å². The van der Waals surface area contributed by atoms with Gasteiger partial charge in [-0.05, 0) is 24.3 Å². The van der Waals surface area contributed by atoms with Crippen molar-refractivity contribution in [1.82, 2.24) is 0 Å². The van der Waals surface area contributed by atoms with Crippen LogP contribution in [0.2, 0.25) is 0 Å². The third kappa shape index (κ3) is 4.63. The number of hydrogen-bond acceptors (Lipinski definition) is 5. The van der Waals surface area contributed by atoms with Crippen LogP contribution in [0.15, 0.2) is 59.5 Å². The summed E-state index contributed by atoms with van der Waals surface area (Å²) in [5.74, 6) is 0. The molecule has 0 atom stereocenters. The number of nitro benzene ring substituents is 1. The number of rotatable bonds is 6. The molecule has 3 N–H and O–H groups in total. The Kier molecular flexibility index (Phi) is 5.09. The van der Waals surface area contributed by atoms with Crippen LogP contribution in [0.25, 0.3) is 6.08 Å². The van der Waals surface area contributed by atoms with Crippen LogP contribution in [0.5, 0.6) is 0 Å². The fourth-order valence-corrected chi connectivity index (χ4v) is 2.50. The van der Waals surface area contributed by atoms with Crippen molar-refractivity contribution in [3.63, 3.8) is 0 Å². The summed E-state index contributed by atoms with van der Waals surface area (Å²) >= 11 is 0. The van der Waals surface area contributed by atoms with E-state index in [1.165, 1.54) is 18.2 Å². The van der Waals surface area contributed by atoms with Crippen molar-refractivity contribution in [2.24, 2.45) is 5.14 Å². The SMILES string of the molecule is NS(=O)(=O)c1cccc(NCC=Cc2ccccc2[N+](=O)[O-])c1. The van der Waals surface area contributed by atoms with Crippen molar-refractivity contribution in [2.75, 3.05) is 11.9 Å². The lowest BCUT2D eigenvalue weighted by Gasteiger charge is -2.05. The molecular formula is C15H15N3O4S. The van der Waals surface area contributed by atoms with Crippen molar-refractivity contribution in [2.45, 2.75) is 4.90 Å². The summed E-state index contributed by atoms with van der Waals surface area (Å²) < 4.78 is 22.5. The van der Waals surface area contributed by atoms with E-state index in [4.69, 9.17) is 5.14 Å². The van der Waals surface area contributed by atoms with Gasteiger partial charge in [0.25, 0.3) is 5.69 Å². The first-order chi connectivity index (χ1) is 10.9. The van der Waals surface area contributed by atoms with Gasteiger partial charge in [-0.3, -0.25) is 10.1 Å². The average Bonchev–Trinajstić information content (AvgIpc) is 2.51. The molecule has 0 unspecified atom stereocenters. The van der Waals surface area contributed by atoms with Gasteiger partial charge in [-0.1, -0.05) is 30.4 Å². The summed E-state index contributed by atoms with van der Waals surface area (Å²) in [6.07, 6.45) is 3.35. The van der Waals surface area contributed by atoms with Crippen LogP contribution in [0.3, 0.4) is 0 Å². The van der Waals surface area contributed by atoms with Gasteiger partial charge in [0.2, 0.25) is 10.0 Å². The van der Waals surface area contributed by atoms with Crippen LogP contribution in [0.4, 0.5) is 11.4 Å². The second-order valence-corrected chi connectivity index (χ2v) is 6.23. The van der Waals surface area contributed by atoms with Gasteiger partial charge in [-0.15, -0.1) is 0 Å². The molecule has 2 aromatic carbocycles. The lowest BCUT2D eigenvalue weighted by molar-refractivity contribution is -0.385. The van der Waals surface area contributed by atoms with Crippen molar-refractivity contribution < 1.29 is 13.3 Å². The Morgan fingerprint density at radius 2 is 1.91 bits per heavy atom. The summed E-state index contributed by atoms with van der Waals surface area (Å²) in [6.45, 7) is 0.375. The minimum absolute atomic E-state index is 0.0187. The maximum Gasteiger partial charge on any atom is 0.276 e. The Bertz CT molecular complexity index is 847. The third-order valence-corrected chi connectivity index (χ3v) is 3.93. The monoisotopic (exact) mass is 333 g/mol. The second kappa shape index (κ2) is 7.03. The van der Waals surface area contributed by atoms with Gasteiger partial charge < -0.3 is 5.32 Å². The van der Waals surface area contributed by atoms with Gasteiger partial charge in [0, 0.05) is 18.3 Å². The molecule has 0 aliphatic rings. The lowest BCUT2D eigenvalue weighted by atomic mass is 10.1. The number of nitro groups is 1. The molecule has 0 aliphatic heterocycles. The van der Waals surface area contributed by atoms with Crippen LogP contribution in [-0.2, 0) is 10.0 Å². The first-order valence-corrected chi connectivity index (χ1v) is 8.19. The molecule has 0 spiro atoms. The number of para-hydroxylation sites is 1. The van der Waals surface area contributed by atoms with Crippen LogP contribution in [-0.4, -0.2) is 19.9 Å². The summed E-state index contributed by atoms with van der Waals surface area (Å²) in [7, 11) is -3.75. The molecule has 2 aromatic rings. The highest BCUT2D eigenvalue weighted by atomic mass is 32.2. The molecule has 0 aromatic heterocycles. The zero-order valence-corrected chi connectivity index (χ0v) is 12.9. The molecule has 23 heavy (non-hydrogen) atoms. The van der Waals surface area contributed by atoms with E-state index in [2.05, 4.69) is 5.32 Å². The minimum atomic E-state index is -3.75. The number of primary sulfonamides is 1. The van der Waals surface area contributed by atoms with E-state index in [0.29, 0.717) is 17.8 Å². The first kappa shape index (κ1) is 16.7. The Morgan fingerprint density at radius 3 is 2.61 bits per heavy atom. The molecule has 120 valence electrons. The lowest BCUT2D eigenvalue weighted by Crippen LogP contribution is -2.12. The van der Waals surface area contributed by atoms with Crippen LogP contribution < -0.4 is 10.5 Å². The van der Waals surface area contributed by atoms with Gasteiger partial charge >= 0.3 is 0 Å². The number of benzene rings is 2. The normalized spacial score (nSPS) is 11.5. The quantitative estimate of drug-likeness (QED) is 0.622. The molecule has 0 saturated heterocycles. The maximum absolute atomic E-state index is 11.3. The standard InChI is InChI=1S/C15H15N3O4S/c16-23(21,22)14-8-3-7-13(11-14)17-10-4-6-12-5-1-2-9-15(12)18(19)20/h1-9,11,17H,10H2,(H2,16,21,22). The number of nitrogens with two attached hydrogens (primary N) is 1. The van der Waals surface area contributed by atoms with Crippen molar-refractivity contribution in [3.05, 3.63) is 70.3 Å². The molecule has 2 rings (SSSR count). The molecule has 0 amide bonds. The van der Waals surface area contributed by atoms with Gasteiger partial charge in [-0.2, -0.15) is 0 Å². The Labute approximate surface area is 133 Å². The second-order valence-electron chi connectivity index (χ2n) is 4.67. The number of hydrogen-bond donors (Lipinski definition) is 2. The number of anilines is 1. The van der Waals surface area contributed by atoms with Crippen molar-refractivity contribution >= 4 is 27.5 Å². The van der Waals surface area contributed by atoms with E-state index < -0.39 is 14.9 Å². The molecule has 8 heteroatoms. The first-order valence-electron chi connectivity index (χ1n) is 6.64. The smallest absolute Gasteiger partial charge is 0.276 e. The van der Waals surface area contributed by atoms with E-state index in [9.17, 15) is 18.5 Å². The highest BCUT2D eigenvalue weighted by Crippen LogP contribution is 2.19. The van der Waals surface area contributed by atoms with Crippen LogP contribution in [0.1, 0.15) is 5.56 Å². The number of sulfonamides is 1. The number of nitrogens with zero attached hydrogens (tertiary/aromatic N) is 1. The van der Waals surface area contributed by atoms with E-state index in [1.807, 2.05) is 0 Å². The predicted molar refractivity (Wildman–Crippen MR) is 88.4 cm³/mol. The Morgan fingerprint density at radius 1 is 1.17 bits per heavy atom. The summed E-state index contributed by atoms with van der Waals surface area (Å²) in [5, 5.41) is 19.0. The van der Waals surface area contributed by atoms with Crippen LogP contribution >= 0.6 is 0 Å². The van der Waals surface area contributed by atoms with E-state index in [1.54, 1.807) is 42.5 Å². The molecular weight excluding hydrogens is 318 g/mol. The highest BCUT2D eigenvalue weighted by Gasteiger charge is 2.09. The molecule has 7 nitrogen and oxygen atoms in total. The predicted octanol–water partition coefficient (Wildman–Crippen LogP) is 2.37. The molecule has 0 radical (unpaired) electrons. The summed E-state index contributed by atoms with van der Waals surface area (Å²) in [4.78, 5) is 10.5. The maximum atomic E-state index is 11.3. The fraction of sp³-hybridized carbons (Fsp3) is 0.0667. The zero-order chi connectivity index (χ0) is 16.9. The zero-order valence-electron chi connectivity index (χ0n) is 12.0. The van der Waals surface area contributed by atoms with Crippen LogP contribution in [0, 0.1) is 10.1 Å². The molecule has 0 aliphatic carbocycles. The van der Waals surface area contributed by atoms with Gasteiger partial charge in [0.15, 0.2) is 0 Å². The van der Waals surface area contributed by atoms with E-state index in [0.717, 1.165) is 0 Å². The summed E-state index contributed by atoms with van der Waals surface area (Å²) in [5.41, 5.74) is 1.11. The topological polar surface area (TPSA) is 115 Å². The average molecular weight is 333 g/mol. The van der Waals surface area contributed by atoms with Gasteiger partial charge in [0.05, 0.1) is 15.4 Å². The summed E-state index contributed by atoms with van der Waals surface area (Å²) in [6, 6.07) is 12.5. The van der Waals surface area contributed by atoms with E-state index in [-0.39, 0.29) is 10.6 Å². The van der Waals surface area contributed by atoms with Gasteiger partial charge in [0.1, 0.15) is 0 Å². The largest absolute Gasteiger partial charge is 0.382 e. The third-order valence-electron chi connectivity index (χ3n) is 3.02. The molecule has 0 saturated carbocycles. The molecule has 0 heterocycles. The van der Waals surface area contributed by atoms with Gasteiger partial charge in [-0.25, -0.2) is 13.6 Å². The molecule has 0 fully saturated rings. The minimum Gasteiger partial charge on any atom is -0.382 e. The Hall–Kier alpha value is -2.71. The molecule has 0 bridgehead atoms. The highest BCUT2D eigenvalue weighted by molar-refractivity contribution is 7.89. The van der Waals surface area contributed by atoms with Crippen molar-refractivity contribution in [1.29, 1.82) is 0 Å². The number of nitrogens with one attached hydrogen (secondary N) is 1. The fourth-order valence-electron chi connectivity index (χ4n) is 1.94. The Balaban J connectivity index is 2.05. The van der Waals surface area contributed by atoms with Crippen molar-refractivity contribution in [3.8, 4) is 0 Å².